The summed E-state index contributed by atoms with van der Waals surface area (Å²) in [5, 5.41) is 0. The Labute approximate surface area is 65.9 Å². The maximum Gasteiger partial charge on any atom is 0.220 e. The Hall–Kier alpha value is -1.06. The highest BCUT2D eigenvalue weighted by atomic mass is 16.1. The van der Waals surface area contributed by atoms with E-state index in [0.717, 1.165) is 0 Å². The van der Waals surface area contributed by atoms with Gasteiger partial charge in [-0.2, -0.15) is 0 Å². The van der Waals surface area contributed by atoms with Crippen LogP contribution in [0.25, 0.3) is 0 Å². The monoisotopic (exact) mass is 158 g/mol. The van der Waals surface area contributed by atoms with Gasteiger partial charge < -0.3 is 11.5 Å². The van der Waals surface area contributed by atoms with Crippen LogP contribution in [0.2, 0.25) is 0 Å². The summed E-state index contributed by atoms with van der Waals surface area (Å²) in [5.74, 6) is -0.814. The molecule has 0 heterocycles. The average molecular weight is 158 g/mol. The van der Waals surface area contributed by atoms with Gasteiger partial charge in [-0.1, -0.05) is 6.92 Å². The molecule has 0 aliphatic rings. The lowest BCUT2D eigenvalue weighted by Gasteiger charge is -2.04. The first kappa shape index (κ1) is 9.94. The lowest BCUT2D eigenvalue weighted by Crippen LogP contribution is -2.21. The second kappa shape index (κ2) is 4.71. The Bertz CT molecular complexity index is 157. The molecule has 4 heteroatoms. The van der Waals surface area contributed by atoms with Crippen molar-refractivity contribution in [3.8, 4) is 0 Å². The first-order valence-electron chi connectivity index (χ1n) is 3.61. The highest BCUT2D eigenvalue weighted by Crippen LogP contribution is 2.05. The van der Waals surface area contributed by atoms with Crippen molar-refractivity contribution in [1.82, 2.24) is 0 Å². The molecular weight excluding hydrogens is 144 g/mol. The zero-order valence-electron chi connectivity index (χ0n) is 6.67. The Morgan fingerprint density at radius 3 is 2.27 bits per heavy atom. The highest BCUT2D eigenvalue weighted by Gasteiger charge is 2.07. The fourth-order valence-corrected chi connectivity index (χ4v) is 0.725. The largest absolute Gasteiger partial charge is 0.370 e. The van der Waals surface area contributed by atoms with Crippen LogP contribution in [-0.4, -0.2) is 11.8 Å². The van der Waals surface area contributed by atoms with Crippen molar-refractivity contribution < 1.29 is 9.59 Å². The normalized spacial score (nSPS) is 12.5. The lowest BCUT2D eigenvalue weighted by molar-refractivity contribution is -0.122. The predicted octanol–water partition coefficient (Wildman–Crippen LogP) is -0.237. The minimum atomic E-state index is -0.332. The summed E-state index contributed by atoms with van der Waals surface area (Å²) in [6.07, 6.45) is 1.61. The van der Waals surface area contributed by atoms with Gasteiger partial charge in [0.1, 0.15) is 0 Å². The Morgan fingerprint density at radius 1 is 1.36 bits per heavy atom. The van der Waals surface area contributed by atoms with Crippen molar-refractivity contribution in [2.24, 2.45) is 17.4 Å². The third kappa shape index (κ3) is 5.39. The summed E-state index contributed by atoms with van der Waals surface area (Å²) in [5.41, 5.74) is 9.90. The van der Waals surface area contributed by atoms with Crippen LogP contribution in [0, 0.1) is 5.92 Å². The third-order valence-corrected chi connectivity index (χ3v) is 1.55. The standard InChI is InChI=1S/C7H14N2O2/c1-5(7(9)11)3-2-4-6(8)10/h5H,2-4H2,1H3,(H2,8,10)(H2,9,11)/t5-/m1/s1. The maximum absolute atomic E-state index is 10.5. The molecule has 11 heavy (non-hydrogen) atoms. The van der Waals surface area contributed by atoms with Crippen molar-refractivity contribution in [2.75, 3.05) is 0 Å². The van der Waals surface area contributed by atoms with Gasteiger partial charge >= 0.3 is 0 Å². The summed E-state index contributed by atoms with van der Waals surface area (Å²) < 4.78 is 0. The van der Waals surface area contributed by atoms with Gasteiger partial charge in [-0.3, -0.25) is 9.59 Å². The quantitative estimate of drug-likeness (QED) is 0.578. The third-order valence-electron chi connectivity index (χ3n) is 1.55. The number of carbonyl (C=O) groups is 2. The Kier molecular flexibility index (Phi) is 4.26. The van der Waals surface area contributed by atoms with Gasteiger partial charge in [-0.25, -0.2) is 0 Å². The van der Waals surface area contributed by atoms with E-state index in [9.17, 15) is 9.59 Å². The van der Waals surface area contributed by atoms with Gasteiger partial charge in [0.15, 0.2) is 0 Å². The predicted molar refractivity (Wildman–Crippen MR) is 41.4 cm³/mol. The number of amides is 2. The first-order valence-corrected chi connectivity index (χ1v) is 3.61. The van der Waals surface area contributed by atoms with Crippen LogP contribution < -0.4 is 11.5 Å². The fourth-order valence-electron chi connectivity index (χ4n) is 0.725. The summed E-state index contributed by atoms with van der Waals surface area (Å²) >= 11 is 0. The number of carbonyl (C=O) groups excluding carboxylic acids is 2. The molecule has 0 saturated carbocycles. The van der Waals surface area contributed by atoms with Gasteiger partial charge in [0.25, 0.3) is 0 Å². The van der Waals surface area contributed by atoms with E-state index in [1.165, 1.54) is 0 Å². The van der Waals surface area contributed by atoms with Crippen LogP contribution >= 0.6 is 0 Å². The molecule has 1 atom stereocenters. The number of nitrogens with two attached hydrogens (primary N) is 2. The minimum absolute atomic E-state index is 0.158. The second-order valence-corrected chi connectivity index (χ2v) is 2.66. The summed E-state index contributed by atoms with van der Waals surface area (Å²) in [4.78, 5) is 20.7. The number of hydrogen-bond acceptors (Lipinski definition) is 2. The molecule has 0 radical (unpaired) electrons. The Balaban J connectivity index is 3.39. The molecule has 0 aliphatic heterocycles. The molecule has 0 aliphatic carbocycles. The molecule has 0 unspecified atom stereocenters. The lowest BCUT2D eigenvalue weighted by atomic mass is 10.0. The molecule has 0 aromatic heterocycles. The van der Waals surface area contributed by atoms with Crippen LogP contribution in [-0.2, 0) is 9.59 Å². The van der Waals surface area contributed by atoms with Gasteiger partial charge in [0.05, 0.1) is 0 Å². The molecule has 2 amide bonds. The maximum atomic E-state index is 10.5. The number of primary amides is 2. The molecule has 4 nitrogen and oxygen atoms in total. The second-order valence-electron chi connectivity index (χ2n) is 2.66. The molecular formula is C7H14N2O2. The zero-order valence-corrected chi connectivity index (χ0v) is 6.67. The van der Waals surface area contributed by atoms with E-state index in [-0.39, 0.29) is 17.7 Å². The van der Waals surface area contributed by atoms with Crippen LogP contribution in [0.15, 0.2) is 0 Å². The van der Waals surface area contributed by atoms with Crippen LogP contribution in [0.4, 0.5) is 0 Å². The van der Waals surface area contributed by atoms with E-state index in [1.54, 1.807) is 6.92 Å². The first-order chi connectivity index (χ1) is 5.04. The average Bonchev–Trinajstić information content (AvgIpc) is 1.86. The van der Waals surface area contributed by atoms with Crippen molar-refractivity contribution in [3.63, 3.8) is 0 Å². The fraction of sp³-hybridized carbons (Fsp3) is 0.714. The van der Waals surface area contributed by atoms with Crippen LogP contribution in [0.1, 0.15) is 26.2 Å². The summed E-state index contributed by atoms with van der Waals surface area (Å²) in [6, 6.07) is 0. The van der Waals surface area contributed by atoms with Crippen molar-refractivity contribution in [2.45, 2.75) is 26.2 Å². The highest BCUT2D eigenvalue weighted by molar-refractivity contribution is 5.76. The van der Waals surface area contributed by atoms with Crippen molar-refractivity contribution in [1.29, 1.82) is 0 Å². The van der Waals surface area contributed by atoms with E-state index in [0.29, 0.717) is 19.3 Å². The molecule has 0 spiro atoms. The Morgan fingerprint density at radius 2 is 1.91 bits per heavy atom. The van der Waals surface area contributed by atoms with E-state index in [2.05, 4.69) is 0 Å². The smallest absolute Gasteiger partial charge is 0.220 e. The van der Waals surface area contributed by atoms with Crippen molar-refractivity contribution >= 4 is 11.8 Å². The van der Waals surface area contributed by atoms with E-state index < -0.39 is 0 Å². The zero-order chi connectivity index (χ0) is 8.85. The molecule has 0 saturated heterocycles. The SMILES string of the molecule is C[C@H](CCCC(N)=O)C(N)=O. The van der Waals surface area contributed by atoms with Crippen LogP contribution in [0.5, 0.6) is 0 Å². The number of rotatable bonds is 5. The van der Waals surface area contributed by atoms with Gasteiger partial charge in [-0.15, -0.1) is 0 Å². The summed E-state index contributed by atoms with van der Waals surface area (Å²) in [7, 11) is 0. The van der Waals surface area contributed by atoms with Crippen molar-refractivity contribution in [3.05, 3.63) is 0 Å². The van der Waals surface area contributed by atoms with E-state index >= 15 is 0 Å². The molecule has 0 bridgehead atoms. The van der Waals surface area contributed by atoms with Gasteiger partial charge in [0.2, 0.25) is 11.8 Å². The molecule has 0 fully saturated rings. The van der Waals surface area contributed by atoms with E-state index in [1.807, 2.05) is 0 Å². The molecule has 0 aromatic rings. The topological polar surface area (TPSA) is 86.2 Å². The van der Waals surface area contributed by atoms with Crippen LogP contribution in [0.3, 0.4) is 0 Å². The van der Waals surface area contributed by atoms with Gasteiger partial charge in [-0.05, 0) is 12.8 Å². The molecule has 0 aromatic carbocycles. The van der Waals surface area contributed by atoms with Gasteiger partial charge in [0, 0.05) is 12.3 Å². The molecule has 4 N–H and O–H groups in total. The number of hydrogen-bond donors (Lipinski definition) is 2. The molecule has 64 valence electrons. The molecule has 0 rings (SSSR count). The summed E-state index contributed by atoms with van der Waals surface area (Å²) in [6.45, 7) is 1.74. The van der Waals surface area contributed by atoms with E-state index in [4.69, 9.17) is 11.5 Å². The minimum Gasteiger partial charge on any atom is -0.370 e.